The molecule has 2 aliphatic rings. The Morgan fingerprint density at radius 2 is 1.76 bits per heavy atom. The molecule has 0 bridgehead atoms. The number of fused-ring (bicyclic) bond motifs is 1. The molecule has 0 spiro atoms. The number of hydrogen-bond acceptors (Lipinski definition) is 4. The first-order valence-electron chi connectivity index (χ1n) is 13.6. The zero-order valence-corrected chi connectivity index (χ0v) is 22.8. The van der Waals surface area contributed by atoms with Gasteiger partial charge in [0, 0.05) is 30.1 Å². The van der Waals surface area contributed by atoms with Crippen molar-refractivity contribution in [2.75, 3.05) is 13.7 Å². The molecule has 0 aliphatic heterocycles. The molecule has 0 radical (unpaired) electrons. The van der Waals surface area contributed by atoms with Crippen LogP contribution < -0.4 is 0 Å². The molecular weight excluding hydrogens is 505 g/mol. The lowest BCUT2D eigenvalue weighted by Gasteiger charge is -2.49. The lowest BCUT2D eigenvalue weighted by atomic mass is 9.80. The van der Waals surface area contributed by atoms with Crippen LogP contribution >= 0.6 is 11.6 Å². The Hall–Kier alpha value is -2.93. The SMILES string of the molecule is COC(=O)C1CCC(CN(C(C)=O)C2(n3c(-c4ccc(Cl)cc4)nc4cc(F)ccc43)CCCCC2)CC1. The molecule has 0 N–H and O–H groups in total. The molecule has 1 heterocycles. The lowest BCUT2D eigenvalue weighted by molar-refractivity contribution is -0.149. The van der Waals surface area contributed by atoms with Crippen LogP contribution in [0, 0.1) is 17.7 Å². The number of carbonyl (C=O) groups is 2. The van der Waals surface area contributed by atoms with Gasteiger partial charge in [-0.2, -0.15) is 0 Å². The molecule has 6 nitrogen and oxygen atoms in total. The van der Waals surface area contributed by atoms with Crippen molar-refractivity contribution in [1.29, 1.82) is 0 Å². The minimum atomic E-state index is -0.620. The van der Waals surface area contributed by atoms with E-state index in [1.54, 1.807) is 13.0 Å². The number of halogens is 2. The third-order valence-electron chi connectivity index (χ3n) is 8.49. The number of amides is 1. The van der Waals surface area contributed by atoms with Gasteiger partial charge in [-0.25, -0.2) is 9.37 Å². The third kappa shape index (κ3) is 5.05. The van der Waals surface area contributed by atoms with Crippen molar-refractivity contribution in [2.24, 2.45) is 11.8 Å². The van der Waals surface area contributed by atoms with Gasteiger partial charge in [0.15, 0.2) is 0 Å². The summed E-state index contributed by atoms with van der Waals surface area (Å²) >= 11 is 6.20. The van der Waals surface area contributed by atoms with Gasteiger partial charge in [0.25, 0.3) is 0 Å². The van der Waals surface area contributed by atoms with Crippen LogP contribution in [0.3, 0.4) is 0 Å². The molecule has 1 aromatic heterocycles. The highest BCUT2D eigenvalue weighted by atomic mass is 35.5. The minimum Gasteiger partial charge on any atom is -0.469 e. The van der Waals surface area contributed by atoms with E-state index >= 15 is 0 Å². The Morgan fingerprint density at radius 1 is 1.08 bits per heavy atom. The Labute approximate surface area is 228 Å². The number of methoxy groups -OCH3 is 1. The van der Waals surface area contributed by atoms with E-state index in [1.807, 2.05) is 24.3 Å². The normalized spacial score (nSPS) is 21.3. The molecule has 2 aliphatic carbocycles. The maximum absolute atomic E-state index is 14.3. The zero-order chi connectivity index (χ0) is 26.9. The molecule has 2 aromatic carbocycles. The highest BCUT2D eigenvalue weighted by molar-refractivity contribution is 6.30. The monoisotopic (exact) mass is 539 g/mol. The summed E-state index contributed by atoms with van der Waals surface area (Å²) in [5, 5.41) is 0.628. The first-order chi connectivity index (χ1) is 18.3. The summed E-state index contributed by atoms with van der Waals surface area (Å²) < 4.78 is 21.5. The summed E-state index contributed by atoms with van der Waals surface area (Å²) in [6.07, 6.45) is 7.98. The van der Waals surface area contributed by atoms with Crippen molar-refractivity contribution < 1.29 is 18.7 Å². The van der Waals surface area contributed by atoms with Gasteiger partial charge in [0.1, 0.15) is 17.3 Å². The number of benzene rings is 2. The second-order valence-corrected chi connectivity index (χ2v) is 11.3. The van der Waals surface area contributed by atoms with E-state index in [4.69, 9.17) is 21.3 Å². The highest BCUT2D eigenvalue weighted by Gasteiger charge is 2.45. The zero-order valence-electron chi connectivity index (χ0n) is 22.1. The summed E-state index contributed by atoms with van der Waals surface area (Å²) in [4.78, 5) is 32.5. The number of carbonyl (C=O) groups excluding carboxylic acids is 2. The minimum absolute atomic E-state index is 0.0213. The van der Waals surface area contributed by atoms with Crippen molar-refractivity contribution in [1.82, 2.24) is 14.5 Å². The predicted octanol–water partition coefficient (Wildman–Crippen LogP) is 6.94. The summed E-state index contributed by atoms with van der Waals surface area (Å²) in [5.41, 5.74) is 1.64. The Morgan fingerprint density at radius 3 is 2.39 bits per heavy atom. The molecule has 0 saturated heterocycles. The molecule has 2 saturated carbocycles. The van der Waals surface area contributed by atoms with Crippen LogP contribution in [-0.4, -0.2) is 40.0 Å². The molecule has 8 heteroatoms. The van der Waals surface area contributed by atoms with Crippen LogP contribution in [0.25, 0.3) is 22.4 Å². The van der Waals surface area contributed by atoms with Gasteiger partial charge < -0.3 is 9.64 Å². The van der Waals surface area contributed by atoms with Crippen molar-refractivity contribution in [3.05, 3.63) is 53.3 Å². The first-order valence-corrected chi connectivity index (χ1v) is 14.0. The van der Waals surface area contributed by atoms with E-state index in [0.29, 0.717) is 28.8 Å². The Balaban J connectivity index is 1.60. The molecule has 1 amide bonds. The van der Waals surface area contributed by atoms with E-state index in [9.17, 15) is 14.0 Å². The number of hydrogen-bond donors (Lipinski definition) is 0. The summed E-state index contributed by atoms with van der Waals surface area (Å²) in [6.45, 7) is 2.27. The average Bonchev–Trinajstić information content (AvgIpc) is 3.31. The fraction of sp³-hybridized carbons (Fsp3) is 0.500. The van der Waals surface area contributed by atoms with Gasteiger partial charge >= 0.3 is 5.97 Å². The fourth-order valence-electron chi connectivity index (χ4n) is 6.60. The van der Waals surface area contributed by atoms with Gasteiger partial charge in [0.05, 0.1) is 24.1 Å². The highest BCUT2D eigenvalue weighted by Crippen LogP contribution is 2.45. The van der Waals surface area contributed by atoms with Gasteiger partial charge in [-0.05, 0) is 93.7 Å². The van der Waals surface area contributed by atoms with Crippen LogP contribution in [0.5, 0.6) is 0 Å². The number of ether oxygens (including phenoxy) is 1. The van der Waals surface area contributed by atoms with Gasteiger partial charge in [-0.1, -0.05) is 18.0 Å². The largest absolute Gasteiger partial charge is 0.469 e. The maximum atomic E-state index is 14.3. The molecule has 38 heavy (non-hydrogen) atoms. The van der Waals surface area contributed by atoms with E-state index in [0.717, 1.165) is 68.9 Å². The van der Waals surface area contributed by atoms with Gasteiger partial charge in [-0.3, -0.25) is 14.2 Å². The smallest absolute Gasteiger partial charge is 0.308 e. The van der Waals surface area contributed by atoms with E-state index < -0.39 is 5.66 Å². The molecule has 202 valence electrons. The number of nitrogens with zero attached hydrogens (tertiary/aromatic N) is 3. The Kier molecular flexibility index (Phi) is 7.75. The number of imidazole rings is 1. The number of rotatable bonds is 6. The molecule has 2 fully saturated rings. The first kappa shape index (κ1) is 26.7. The Bertz CT molecular complexity index is 1310. The summed E-state index contributed by atoms with van der Waals surface area (Å²) in [7, 11) is 1.44. The quantitative estimate of drug-likeness (QED) is 0.318. The number of aromatic nitrogens is 2. The van der Waals surface area contributed by atoms with Gasteiger partial charge in [0.2, 0.25) is 5.91 Å². The molecular formula is C30H35ClFN3O3. The molecule has 3 aromatic rings. The van der Waals surface area contributed by atoms with Crippen molar-refractivity contribution in [3.63, 3.8) is 0 Å². The van der Waals surface area contributed by atoms with Crippen LogP contribution in [-0.2, 0) is 20.0 Å². The van der Waals surface area contributed by atoms with Crippen molar-refractivity contribution in [3.8, 4) is 11.4 Å². The van der Waals surface area contributed by atoms with E-state index in [2.05, 4.69) is 9.47 Å². The average molecular weight is 540 g/mol. The van der Waals surface area contributed by atoms with Crippen LogP contribution in [0.4, 0.5) is 4.39 Å². The summed E-state index contributed by atoms with van der Waals surface area (Å²) in [5.74, 6) is 0.492. The lowest BCUT2D eigenvalue weighted by Crippen LogP contribution is -2.55. The molecule has 5 rings (SSSR count). The summed E-state index contributed by atoms with van der Waals surface area (Å²) in [6, 6.07) is 12.2. The van der Waals surface area contributed by atoms with Crippen molar-refractivity contribution in [2.45, 2.75) is 70.4 Å². The molecule has 0 unspecified atom stereocenters. The van der Waals surface area contributed by atoms with Gasteiger partial charge in [-0.15, -0.1) is 0 Å². The van der Waals surface area contributed by atoms with Crippen molar-refractivity contribution >= 4 is 34.5 Å². The van der Waals surface area contributed by atoms with E-state index in [-0.39, 0.29) is 23.6 Å². The number of esters is 1. The second kappa shape index (κ2) is 11.0. The predicted molar refractivity (Wildman–Crippen MR) is 146 cm³/mol. The van der Waals surface area contributed by atoms with E-state index in [1.165, 1.54) is 19.2 Å². The topological polar surface area (TPSA) is 64.4 Å². The van der Waals surface area contributed by atoms with Crippen LogP contribution in [0.2, 0.25) is 5.02 Å². The second-order valence-electron chi connectivity index (χ2n) is 10.8. The van der Waals surface area contributed by atoms with Crippen LogP contribution in [0.15, 0.2) is 42.5 Å². The maximum Gasteiger partial charge on any atom is 0.308 e. The van der Waals surface area contributed by atoms with Crippen LogP contribution in [0.1, 0.15) is 64.7 Å². The standard InChI is InChI=1S/C30H35ClFN3O3/c1-20(36)34(19-21-6-8-23(9-7-21)29(37)38-2)30(16-4-3-5-17-30)35-27-15-14-25(32)18-26(27)33-28(35)22-10-12-24(31)13-11-22/h10-15,18,21,23H,3-9,16-17,19H2,1-2H3. The fourth-order valence-corrected chi connectivity index (χ4v) is 6.72. The molecule has 0 atom stereocenters. The third-order valence-corrected chi connectivity index (χ3v) is 8.75.